The summed E-state index contributed by atoms with van der Waals surface area (Å²) in [7, 11) is 0. The van der Waals surface area contributed by atoms with Gasteiger partial charge in [0.15, 0.2) is 11.5 Å². The van der Waals surface area contributed by atoms with Gasteiger partial charge in [0.05, 0.1) is 11.3 Å². The number of ketones is 1. The molecule has 27 heavy (non-hydrogen) atoms. The summed E-state index contributed by atoms with van der Waals surface area (Å²) in [6, 6.07) is 3.65. The topological polar surface area (TPSA) is 52.3 Å². The zero-order chi connectivity index (χ0) is 18.6. The second-order valence-corrected chi connectivity index (χ2v) is 8.04. The third kappa shape index (κ3) is 4.28. The van der Waals surface area contributed by atoms with E-state index in [4.69, 9.17) is 14.1 Å². The minimum absolute atomic E-state index is 0.00470. The van der Waals surface area contributed by atoms with Gasteiger partial charge < -0.3 is 9.15 Å². The number of hydrogen-bond acceptors (Lipinski definition) is 5. The van der Waals surface area contributed by atoms with Crippen molar-refractivity contribution >= 4 is 17.1 Å². The van der Waals surface area contributed by atoms with Gasteiger partial charge in [-0.2, -0.15) is 0 Å². The summed E-state index contributed by atoms with van der Waals surface area (Å²) in [5.74, 6) is 0.720. The summed E-state index contributed by atoms with van der Waals surface area (Å²) in [6.07, 6.45) is 9.36. The van der Waals surface area contributed by atoms with E-state index in [9.17, 15) is 9.18 Å². The number of nitrogens with zero attached hydrogens (tertiary/aromatic N) is 1. The number of Topliss-reactive ketones (excluding diaryl/α,β-unsaturated/α-hetero) is 1. The fourth-order valence-electron chi connectivity index (χ4n) is 3.49. The first-order valence-corrected chi connectivity index (χ1v) is 10.2. The van der Waals surface area contributed by atoms with Gasteiger partial charge in [0, 0.05) is 32.0 Å². The number of furan rings is 1. The van der Waals surface area contributed by atoms with Gasteiger partial charge in [-0.05, 0) is 43.9 Å². The number of hydrogen-bond donors (Lipinski definition) is 0. The van der Waals surface area contributed by atoms with E-state index in [1.807, 2.05) is 18.2 Å². The Morgan fingerprint density at radius 2 is 2.07 bits per heavy atom. The molecule has 0 amide bonds. The minimum Gasteiger partial charge on any atom is -0.463 e. The average molecular weight is 387 g/mol. The molecule has 4 rings (SSSR count). The van der Waals surface area contributed by atoms with E-state index in [0.717, 1.165) is 37.1 Å². The Morgan fingerprint density at radius 1 is 1.22 bits per heavy atom. The third-order valence-corrected chi connectivity index (χ3v) is 6.22. The summed E-state index contributed by atoms with van der Waals surface area (Å²) in [4.78, 5) is 18.5. The molecule has 6 heteroatoms. The summed E-state index contributed by atoms with van der Waals surface area (Å²) >= 11 is 1.47. The summed E-state index contributed by atoms with van der Waals surface area (Å²) in [5, 5.41) is 0.924. The molecule has 1 aliphatic heterocycles. The Balaban J connectivity index is 1.55. The fourth-order valence-corrected chi connectivity index (χ4v) is 4.58. The van der Waals surface area contributed by atoms with Crippen LogP contribution < -0.4 is 0 Å². The van der Waals surface area contributed by atoms with Crippen LogP contribution in [0.1, 0.15) is 46.8 Å². The van der Waals surface area contributed by atoms with Gasteiger partial charge in [-0.1, -0.05) is 11.6 Å². The first kappa shape index (κ1) is 18.3. The maximum absolute atomic E-state index is 13.1. The zero-order valence-electron chi connectivity index (χ0n) is 15.1. The second-order valence-electron chi connectivity index (χ2n) is 6.95. The van der Waals surface area contributed by atoms with E-state index < -0.39 is 0 Å². The van der Waals surface area contributed by atoms with Crippen molar-refractivity contribution in [2.24, 2.45) is 5.92 Å². The Kier molecular flexibility index (Phi) is 5.64. The van der Waals surface area contributed by atoms with E-state index >= 15 is 0 Å². The van der Waals surface area contributed by atoms with E-state index in [1.165, 1.54) is 16.9 Å². The molecule has 0 N–H and O–H groups in total. The Bertz CT molecular complexity index is 860. The van der Waals surface area contributed by atoms with Crippen LogP contribution in [0, 0.1) is 5.92 Å². The van der Waals surface area contributed by atoms with E-state index in [2.05, 4.69) is 0 Å². The highest BCUT2D eigenvalue weighted by Crippen LogP contribution is 2.34. The Morgan fingerprint density at radius 3 is 2.78 bits per heavy atom. The summed E-state index contributed by atoms with van der Waals surface area (Å²) < 4.78 is 24.1. The first-order valence-electron chi connectivity index (χ1n) is 9.40. The van der Waals surface area contributed by atoms with Crippen LogP contribution in [0.15, 0.2) is 46.4 Å². The van der Waals surface area contributed by atoms with Crippen LogP contribution >= 0.6 is 11.3 Å². The molecule has 1 saturated heterocycles. The predicted octanol–water partition coefficient (Wildman–Crippen LogP) is 5.52. The van der Waals surface area contributed by atoms with Crippen LogP contribution in [-0.4, -0.2) is 24.0 Å². The van der Waals surface area contributed by atoms with Crippen molar-refractivity contribution in [1.29, 1.82) is 0 Å². The van der Waals surface area contributed by atoms with Crippen molar-refractivity contribution in [3.8, 4) is 11.5 Å². The molecule has 2 aromatic rings. The lowest BCUT2D eigenvalue weighted by Gasteiger charge is -2.20. The number of rotatable bonds is 6. The molecule has 4 nitrogen and oxygen atoms in total. The third-order valence-electron chi connectivity index (χ3n) is 5.09. The molecule has 1 fully saturated rings. The molecule has 0 radical (unpaired) electrons. The van der Waals surface area contributed by atoms with Gasteiger partial charge in [-0.3, -0.25) is 4.79 Å². The molecule has 0 saturated carbocycles. The first-order chi connectivity index (χ1) is 13.2. The van der Waals surface area contributed by atoms with Crippen molar-refractivity contribution in [2.45, 2.75) is 38.5 Å². The van der Waals surface area contributed by atoms with Crippen LogP contribution in [0.3, 0.4) is 0 Å². The maximum atomic E-state index is 13.1. The van der Waals surface area contributed by atoms with E-state index in [0.29, 0.717) is 36.0 Å². The highest BCUT2D eigenvalue weighted by molar-refractivity contribution is 7.14. The molecule has 0 bridgehead atoms. The van der Waals surface area contributed by atoms with Gasteiger partial charge in [0.25, 0.3) is 0 Å². The number of aryl methyl sites for hydroxylation is 1. The predicted molar refractivity (Wildman–Crippen MR) is 103 cm³/mol. The molecular weight excluding hydrogens is 365 g/mol. The molecule has 3 heterocycles. The fraction of sp³-hybridized carbons (Fsp3) is 0.429. The van der Waals surface area contributed by atoms with Crippen LogP contribution in [0.4, 0.5) is 4.39 Å². The number of ether oxygens (including phenoxy) is 1. The molecule has 0 spiro atoms. The van der Waals surface area contributed by atoms with E-state index in [1.54, 1.807) is 12.3 Å². The highest BCUT2D eigenvalue weighted by Gasteiger charge is 2.28. The van der Waals surface area contributed by atoms with E-state index in [-0.39, 0.29) is 17.5 Å². The Labute approximate surface area is 161 Å². The van der Waals surface area contributed by atoms with Crippen LogP contribution in [0.2, 0.25) is 0 Å². The van der Waals surface area contributed by atoms with Crippen LogP contribution in [0.25, 0.3) is 11.5 Å². The molecule has 0 atom stereocenters. The monoisotopic (exact) mass is 387 g/mol. The Hall–Kier alpha value is -2.05. The standard InChI is InChI=1S/C21H22FNO3S/c22-16-6-3-14(4-7-16)5-8-18-23-19(17-2-1-11-26-17)21(27-18)20(24)15-9-12-25-13-10-15/h1-3,6,11,15H,4-5,7-10,12-13H2. The lowest BCUT2D eigenvalue weighted by molar-refractivity contribution is 0.0547. The lowest BCUT2D eigenvalue weighted by Crippen LogP contribution is -2.23. The quantitative estimate of drug-likeness (QED) is 0.613. The molecular formula is C21H22FNO3S. The molecule has 2 aromatic heterocycles. The second kappa shape index (κ2) is 8.31. The van der Waals surface area contributed by atoms with Crippen molar-refractivity contribution in [2.75, 3.05) is 13.2 Å². The average Bonchev–Trinajstić information content (AvgIpc) is 3.37. The van der Waals surface area contributed by atoms with Crippen LogP contribution in [0.5, 0.6) is 0 Å². The van der Waals surface area contributed by atoms with Gasteiger partial charge in [0.1, 0.15) is 16.4 Å². The largest absolute Gasteiger partial charge is 0.463 e. The van der Waals surface area contributed by atoms with Gasteiger partial charge in [-0.25, -0.2) is 9.37 Å². The molecule has 1 aliphatic carbocycles. The highest BCUT2D eigenvalue weighted by atomic mass is 32.1. The zero-order valence-corrected chi connectivity index (χ0v) is 15.9. The SMILES string of the molecule is O=C(c1sc(CCC2=CC=C(F)CC2)nc1-c1ccco1)C1CCOCC1. The normalized spacial score (nSPS) is 18.3. The minimum atomic E-state index is -0.0579. The number of thiazole rings is 1. The summed E-state index contributed by atoms with van der Waals surface area (Å²) in [5.41, 5.74) is 1.88. The number of carbonyl (C=O) groups is 1. The summed E-state index contributed by atoms with van der Waals surface area (Å²) in [6.45, 7) is 1.27. The van der Waals surface area contributed by atoms with Crippen molar-refractivity contribution in [3.63, 3.8) is 0 Å². The molecule has 0 aromatic carbocycles. The number of carbonyl (C=O) groups excluding carboxylic acids is 1. The molecule has 2 aliphatic rings. The number of aromatic nitrogens is 1. The van der Waals surface area contributed by atoms with Crippen molar-refractivity contribution in [3.05, 3.63) is 51.8 Å². The maximum Gasteiger partial charge on any atom is 0.178 e. The van der Waals surface area contributed by atoms with Crippen molar-refractivity contribution in [1.82, 2.24) is 4.98 Å². The van der Waals surface area contributed by atoms with Gasteiger partial charge in [0.2, 0.25) is 0 Å². The van der Waals surface area contributed by atoms with Gasteiger partial charge in [-0.15, -0.1) is 11.3 Å². The van der Waals surface area contributed by atoms with Crippen LogP contribution in [-0.2, 0) is 11.2 Å². The number of halogens is 1. The van der Waals surface area contributed by atoms with Gasteiger partial charge >= 0.3 is 0 Å². The number of allylic oxidation sites excluding steroid dienone is 4. The van der Waals surface area contributed by atoms with Crippen molar-refractivity contribution < 1.29 is 18.3 Å². The molecule has 142 valence electrons. The lowest BCUT2D eigenvalue weighted by atomic mass is 9.94. The smallest absolute Gasteiger partial charge is 0.178 e. The molecule has 0 unspecified atom stereocenters.